The molecule has 9 heteroatoms. The van der Waals surface area contributed by atoms with Gasteiger partial charge in [0.05, 0.1) is 16.6 Å². The average molecular weight is 530 g/mol. The number of benzene rings is 2. The Balaban J connectivity index is 1.46. The molecule has 2 heterocycles. The van der Waals surface area contributed by atoms with Gasteiger partial charge in [0.2, 0.25) is 0 Å². The Morgan fingerprint density at radius 1 is 1.15 bits per heavy atom. The van der Waals surface area contributed by atoms with Crippen LogP contribution in [0.3, 0.4) is 0 Å². The molecule has 0 saturated carbocycles. The molecule has 7 nitrogen and oxygen atoms in total. The van der Waals surface area contributed by atoms with Gasteiger partial charge in [-0.2, -0.15) is 5.10 Å². The molecule has 0 bridgehead atoms. The van der Waals surface area contributed by atoms with Gasteiger partial charge in [-0.15, -0.1) is 0 Å². The Morgan fingerprint density at radius 3 is 2.64 bits per heavy atom. The molecule has 1 amide bonds. The van der Waals surface area contributed by atoms with Gasteiger partial charge in [0.25, 0.3) is 5.91 Å². The average Bonchev–Trinajstić information content (AvgIpc) is 3.32. The van der Waals surface area contributed by atoms with E-state index in [2.05, 4.69) is 31.5 Å². The maximum absolute atomic E-state index is 12.9. The molecule has 170 valence electrons. The van der Waals surface area contributed by atoms with Gasteiger partial charge in [0.1, 0.15) is 18.1 Å². The maximum atomic E-state index is 12.9. The van der Waals surface area contributed by atoms with Crippen molar-refractivity contribution < 1.29 is 14.1 Å². The van der Waals surface area contributed by atoms with E-state index < -0.39 is 5.91 Å². The molecule has 4 aromatic rings. The number of carbonyl (C=O) groups excluding carboxylic acids is 1. The van der Waals surface area contributed by atoms with Crippen LogP contribution in [0.2, 0.25) is 5.02 Å². The number of carbonyl (C=O) groups is 1. The van der Waals surface area contributed by atoms with Crippen molar-refractivity contribution >= 4 is 39.3 Å². The van der Waals surface area contributed by atoms with Crippen molar-refractivity contribution in [3.05, 3.63) is 91.9 Å². The van der Waals surface area contributed by atoms with Gasteiger partial charge in [0.15, 0.2) is 11.5 Å². The highest BCUT2D eigenvalue weighted by Gasteiger charge is 2.22. The van der Waals surface area contributed by atoms with E-state index in [9.17, 15) is 4.79 Å². The predicted molar refractivity (Wildman–Crippen MR) is 130 cm³/mol. The van der Waals surface area contributed by atoms with E-state index in [1.54, 1.807) is 17.8 Å². The Hall–Kier alpha value is -3.10. The van der Waals surface area contributed by atoms with Crippen molar-refractivity contribution in [2.75, 3.05) is 5.32 Å². The fourth-order valence-electron chi connectivity index (χ4n) is 3.21. The largest absolute Gasteiger partial charge is 0.489 e. The number of amides is 1. The molecule has 1 N–H and O–H groups in total. The second-order valence-electron chi connectivity index (χ2n) is 7.70. The van der Waals surface area contributed by atoms with Gasteiger partial charge in [0, 0.05) is 11.2 Å². The smallest absolute Gasteiger partial charge is 0.279 e. The third-order valence-corrected chi connectivity index (χ3v) is 6.10. The van der Waals surface area contributed by atoms with Crippen molar-refractivity contribution in [2.24, 2.45) is 0 Å². The van der Waals surface area contributed by atoms with E-state index in [0.29, 0.717) is 38.9 Å². The van der Waals surface area contributed by atoms with Gasteiger partial charge in [-0.3, -0.25) is 9.48 Å². The zero-order valence-electron chi connectivity index (χ0n) is 18.4. The van der Waals surface area contributed by atoms with Crippen molar-refractivity contribution in [2.45, 2.75) is 33.9 Å². The van der Waals surface area contributed by atoms with Gasteiger partial charge >= 0.3 is 0 Å². The summed E-state index contributed by atoms with van der Waals surface area (Å²) < 4.78 is 13.5. The highest BCUT2D eigenvalue weighted by atomic mass is 79.9. The Labute approximate surface area is 204 Å². The third kappa shape index (κ3) is 5.46. The van der Waals surface area contributed by atoms with Crippen LogP contribution in [0.1, 0.15) is 38.5 Å². The summed E-state index contributed by atoms with van der Waals surface area (Å²) in [6.45, 7) is 6.51. The first-order valence-electron chi connectivity index (χ1n) is 10.2. The molecule has 0 radical (unpaired) electrons. The van der Waals surface area contributed by atoms with E-state index >= 15 is 0 Å². The zero-order valence-corrected chi connectivity index (χ0v) is 20.7. The summed E-state index contributed by atoms with van der Waals surface area (Å²) in [5.74, 6) is 1.20. The first kappa shape index (κ1) is 23.1. The minimum Gasteiger partial charge on any atom is -0.489 e. The number of hydrogen-bond donors (Lipinski definition) is 1. The lowest BCUT2D eigenvalue weighted by atomic mass is 10.1. The first-order chi connectivity index (χ1) is 15.8. The van der Waals surface area contributed by atoms with Crippen LogP contribution < -0.4 is 10.1 Å². The predicted octanol–water partition coefficient (Wildman–Crippen LogP) is 6.09. The molecule has 0 fully saturated rings. The Morgan fingerprint density at radius 2 is 1.91 bits per heavy atom. The number of rotatable bonds is 7. The SMILES string of the molecule is Cc1ccc(OCc2c(C(=O)Nc3nn(Cc4ccc(Cl)cc4)cc3Br)noc2C)cc1C. The van der Waals surface area contributed by atoms with Crippen LogP contribution in [0.25, 0.3) is 0 Å². The van der Waals surface area contributed by atoms with E-state index in [1.165, 1.54) is 5.56 Å². The van der Waals surface area contributed by atoms with Gasteiger partial charge < -0.3 is 14.6 Å². The lowest BCUT2D eigenvalue weighted by Crippen LogP contribution is -2.16. The molecule has 2 aromatic heterocycles. The third-order valence-electron chi connectivity index (χ3n) is 5.27. The van der Waals surface area contributed by atoms with Crippen LogP contribution in [0.5, 0.6) is 5.75 Å². The van der Waals surface area contributed by atoms with Crippen molar-refractivity contribution in [1.29, 1.82) is 0 Å². The molecule has 0 spiro atoms. The van der Waals surface area contributed by atoms with E-state index in [-0.39, 0.29) is 12.3 Å². The monoisotopic (exact) mass is 528 g/mol. The molecule has 0 aliphatic heterocycles. The van der Waals surface area contributed by atoms with Gasteiger partial charge in [-0.1, -0.05) is 35.0 Å². The lowest BCUT2D eigenvalue weighted by Gasteiger charge is -2.09. The summed E-state index contributed by atoms with van der Waals surface area (Å²) in [6, 6.07) is 13.4. The summed E-state index contributed by atoms with van der Waals surface area (Å²) in [5.41, 5.74) is 4.10. The normalized spacial score (nSPS) is 10.9. The van der Waals surface area contributed by atoms with Gasteiger partial charge in [-0.25, -0.2) is 0 Å². The number of nitrogens with one attached hydrogen (secondary N) is 1. The minimum absolute atomic E-state index is 0.159. The summed E-state index contributed by atoms with van der Waals surface area (Å²) in [5, 5.41) is 11.9. The molecule has 0 aliphatic rings. The van der Waals surface area contributed by atoms with E-state index in [4.69, 9.17) is 20.9 Å². The van der Waals surface area contributed by atoms with Crippen LogP contribution in [0, 0.1) is 20.8 Å². The van der Waals surface area contributed by atoms with Crippen LogP contribution in [-0.2, 0) is 13.2 Å². The van der Waals surface area contributed by atoms with Gasteiger partial charge in [-0.05, 0) is 77.7 Å². The van der Waals surface area contributed by atoms with E-state index in [1.807, 2.05) is 56.3 Å². The summed E-state index contributed by atoms with van der Waals surface area (Å²) in [4.78, 5) is 12.9. The number of ether oxygens (including phenoxy) is 1. The molecular weight excluding hydrogens is 508 g/mol. The molecule has 0 atom stereocenters. The summed E-state index contributed by atoms with van der Waals surface area (Å²) in [7, 11) is 0. The Bertz CT molecular complexity index is 1300. The van der Waals surface area contributed by atoms with Crippen LogP contribution >= 0.6 is 27.5 Å². The zero-order chi connectivity index (χ0) is 23.5. The maximum Gasteiger partial charge on any atom is 0.279 e. The summed E-state index contributed by atoms with van der Waals surface area (Å²) in [6.07, 6.45) is 1.79. The Kier molecular flexibility index (Phi) is 6.85. The van der Waals surface area contributed by atoms with Crippen molar-refractivity contribution in [1.82, 2.24) is 14.9 Å². The number of anilines is 1. The number of hydrogen-bond acceptors (Lipinski definition) is 5. The standard InChI is InChI=1S/C24H22BrClN4O3/c1-14-4-9-19(10-15(14)2)32-13-20-16(3)33-29-22(20)24(31)27-23-21(25)12-30(28-23)11-17-5-7-18(26)8-6-17/h4-10,12H,11,13H2,1-3H3,(H,27,28,31). The second kappa shape index (κ2) is 9.80. The summed E-state index contributed by atoms with van der Waals surface area (Å²) >= 11 is 9.40. The molecular formula is C24H22BrClN4O3. The quantitative estimate of drug-likeness (QED) is 0.313. The fourth-order valence-corrected chi connectivity index (χ4v) is 3.75. The topological polar surface area (TPSA) is 82.2 Å². The molecule has 2 aromatic carbocycles. The van der Waals surface area contributed by atoms with E-state index in [0.717, 1.165) is 11.1 Å². The minimum atomic E-state index is -0.428. The second-order valence-corrected chi connectivity index (χ2v) is 9.00. The molecule has 0 saturated heterocycles. The number of aromatic nitrogens is 3. The van der Waals surface area contributed by atoms with Crippen LogP contribution in [0.15, 0.2) is 57.7 Å². The highest BCUT2D eigenvalue weighted by Crippen LogP contribution is 2.24. The lowest BCUT2D eigenvalue weighted by molar-refractivity contribution is 0.101. The van der Waals surface area contributed by atoms with Crippen LogP contribution in [0.4, 0.5) is 5.82 Å². The molecule has 0 aliphatic carbocycles. The number of aryl methyl sites for hydroxylation is 3. The number of nitrogens with zero attached hydrogens (tertiary/aromatic N) is 3. The van der Waals surface area contributed by atoms with Crippen molar-refractivity contribution in [3.63, 3.8) is 0 Å². The first-order valence-corrected chi connectivity index (χ1v) is 11.4. The van der Waals surface area contributed by atoms with Crippen molar-refractivity contribution in [3.8, 4) is 5.75 Å². The molecule has 0 unspecified atom stereocenters. The number of halogens is 2. The molecule has 4 rings (SSSR count). The highest BCUT2D eigenvalue weighted by molar-refractivity contribution is 9.10. The molecule has 33 heavy (non-hydrogen) atoms. The van der Waals surface area contributed by atoms with Crippen LogP contribution in [-0.4, -0.2) is 20.8 Å². The fraction of sp³-hybridized carbons (Fsp3) is 0.208.